The van der Waals surface area contributed by atoms with Crippen LogP contribution in [0.3, 0.4) is 0 Å². The second kappa shape index (κ2) is 12.2. The number of amides is 3. The molecule has 3 rings (SSSR count). The lowest BCUT2D eigenvalue weighted by molar-refractivity contribution is -0.134. The molecular weight excluding hydrogens is 516 g/mol. The number of hydrogen-bond acceptors (Lipinski definition) is 7. The highest BCUT2D eigenvalue weighted by Crippen LogP contribution is 2.30. The molecule has 0 unspecified atom stereocenters. The van der Waals surface area contributed by atoms with Gasteiger partial charge in [0.2, 0.25) is 5.91 Å². The third-order valence-electron chi connectivity index (χ3n) is 6.19. The number of fused-ring (bicyclic) bond motifs is 1. The molecule has 1 aliphatic heterocycles. The summed E-state index contributed by atoms with van der Waals surface area (Å²) in [4.78, 5) is 27.1. The molecule has 3 amide bonds. The van der Waals surface area contributed by atoms with Gasteiger partial charge in [-0.2, -0.15) is 4.31 Å². The van der Waals surface area contributed by atoms with E-state index in [4.69, 9.17) is 4.74 Å². The maximum Gasteiger partial charge on any atom is 0.319 e. The Morgan fingerprint density at radius 2 is 2.03 bits per heavy atom. The van der Waals surface area contributed by atoms with Crippen LogP contribution >= 0.6 is 11.3 Å². The Balaban J connectivity index is 1.95. The van der Waals surface area contributed by atoms with Crippen molar-refractivity contribution in [1.82, 2.24) is 14.5 Å². The predicted octanol–water partition coefficient (Wildman–Crippen LogP) is 2.75. The number of rotatable bonds is 8. The molecule has 10 nitrogen and oxygen atoms in total. The summed E-state index contributed by atoms with van der Waals surface area (Å²) < 4.78 is 34.0. The number of nitrogens with one attached hydrogen (secondary N) is 2. The van der Waals surface area contributed by atoms with Crippen LogP contribution in [0.4, 0.5) is 10.5 Å². The molecule has 1 aromatic heterocycles. The molecule has 1 aliphatic rings. The summed E-state index contributed by atoms with van der Waals surface area (Å²) in [5, 5.41) is 17.0. The quantitative estimate of drug-likeness (QED) is 0.462. The van der Waals surface area contributed by atoms with Crippen molar-refractivity contribution in [3.63, 3.8) is 0 Å². The highest BCUT2D eigenvalue weighted by molar-refractivity contribution is 7.91. The summed E-state index contributed by atoms with van der Waals surface area (Å²) in [6, 6.07) is 7.47. The van der Waals surface area contributed by atoms with Gasteiger partial charge in [0.05, 0.1) is 25.6 Å². The second-order valence-electron chi connectivity index (χ2n) is 9.68. The van der Waals surface area contributed by atoms with Crippen molar-refractivity contribution in [3.8, 4) is 5.75 Å². The van der Waals surface area contributed by atoms with Gasteiger partial charge in [0.25, 0.3) is 10.0 Å². The first kappa shape index (κ1) is 28.9. The minimum atomic E-state index is -3.70. The Morgan fingerprint density at radius 1 is 1.30 bits per heavy atom. The van der Waals surface area contributed by atoms with E-state index in [2.05, 4.69) is 10.6 Å². The van der Waals surface area contributed by atoms with Crippen molar-refractivity contribution in [2.45, 2.75) is 56.5 Å². The Bertz CT molecular complexity index is 1190. The summed E-state index contributed by atoms with van der Waals surface area (Å²) in [6.45, 7) is 7.51. The fourth-order valence-corrected chi connectivity index (χ4v) is 6.45. The summed E-state index contributed by atoms with van der Waals surface area (Å²) >= 11 is 1.15. The zero-order chi connectivity index (χ0) is 27.3. The zero-order valence-corrected chi connectivity index (χ0v) is 23.4. The third kappa shape index (κ3) is 7.22. The number of carbonyl (C=O) groups excluding carboxylic acids is 2. The van der Waals surface area contributed by atoms with Crippen molar-refractivity contribution in [2.75, 3.05) is 32.1 Å². The molecular formula is C25H36N4O6S2. The highest BCUT2D eigenvalue weighted by Gasteiger charge is 2.33. The number of sulfonamides is 1. The highest BCUT2D eigenvalue weighted by atomic mass is 32.2. The van der Waals surface area contributed by atoms with E-state index >= 15 is 0 Å². The Hall–Kier alpha value is -2.67. The fourth-order valence-electron chi connectivity index (χ4n) is 4.07. The van der Waals surface area contributed by atoms with Crippen LogP contribution < -0.4 is 15.4 Å². The van der Waals surface area contributed by atoms with E-state index in [9.17, 15) is 23.1 Å². The van der Waals surface area contributed by atoms with Gasteiger partial charge in [0.1, 0.15) is 16.1 Å². The number of aliphatic hydroxyl groups excluding tert-OH is 1. The number of likely N-dealkylation sites (N-methyl/N-ethyl adjacent to an activating group) is 1. The molecule has 0 aliphatic carbocycles. The van der Waals surface area contributed by atoms with Gasteiger partial charge in [0.15, 0.2) is 0 Å². The number of hydrogen-bond donors (Lipinski definition) is 3. The normalized spacial score (nSPS) is 19.5. The predicted molar refractivity (Wildman–Crippen MR) is 143 cm³/mol. The maximum absolute atomic E-state index is 13.3. The van der Waals surface area contributed by atoms with E-state index in [-0.39, 0.29) is 54.2 Å². The molecule has 3 N–H and O–H groups in total. The van der Waals surface area contributed by atoms with Gasteiger partial charge in [-0.25, -0.2) is 13.2 Å². The Kier molecular flexibility index (Phi) is 9.57. The minimum Gasteiger partial charge on any atom is -0.488 e. The van der Waals surface area contributed by atoms with Gasteiger partial charge in [-0.15, -0.1) is 11.3 Å². The zero-order valence-electron chi connectivity index (χ0n) is 21.8. The third-order valence-corrected chi connectivity index (χ3v) is 9.39. The molecule has 0 saturated carbocycles. The van der Waals surface area contributed by atoms with E-state index in [1.807, 2.05) is 20.8 Å². The maximum atomic E-state index is 13.3. The molecule has 0 spiro atoms. The standard InChI is InChI=1S/C25H36N4O6S2/c1-16(2)26-25(32)27-20-8-9-21-19(11-20)12-23(31)29(18(4)15-30)13-17(3)22(35-21)14-28(5)37(33,34)24-7-6-10-36-24/h6-11,16-18,22,30H,12-15H2,1-5H3,(H2,26,27,32)/t17-,18-,22-/m1/s1. The molecule has 0 saturated heterocycles. The van der Waals surface area contributed by atoms with E-state index in [0.29, 0.717) is 17.0 Å². The van der Waals surface area contributed by atoms with Crippen molar-refractivity contribution in [3.05, 3.63) is 41.3 Å². The lowest BCUT2D eigenvalue weighted by Gasteiger charge is -2.33. The number of benzene rings is 1. The summed E-state index contributed by atoms with van der Waals surface area (Å²) in [7, 11) is -2.19. The van der Waals surface area contributed by atoms with E-state index in [0.717, 1.165) is 11.3 Å². The van der Waals surface area contributed by atoms with Gasteiger partial charge >= 0.3 is 6.03 Å². The number of ether oxygens (including phenoxy) is 1. The summed E-state index contributed by atoms with van der Waals surface area (Å²) in [5.41, 5.74) is 1.06. The van der Waals surface area contributed by atoms with Crippen molar-refractivity contribution in [2.24, 2.45) is 5.92 Å². The monoisotopic (exact) mass is 552 g/mol. The lowest BCUT2D eigenvalue weighted by Crippen LogP contribution is -2.48. The summed E-state index contributed by atoms with van der Waals surface area (Å²) in [6.07, 6.45) is -0.579. The van der Waals surface area contributed by atoms with Crippen molar-refractivity contribution in [1.29, 1.82) is 0 Å². The second-order valence-corrected chi connectivity index (χ2v) is 12.9. The largest absolute Gasteiger partial charge is 0.488 e. The van der Waals surface area contributed by atoms with Crippen LogP contribution in [0.5, 0.6) is 5.75 Å². The average Bonchev–Trinajstić information content (AvgIpc) is 3.38. The first-order valence-corrected chi connectivity index (χ1v) is 14.5. The van der Waals surface area contributed by atoms with Crippen LogP contribution in [0.1, 0.15) is 33.3 Å². The molecule has 3 atom stereocenters. The van der Waals surface area contributed by atoms with Gasteiger partial charge in [-0.3, -0.25) is 4.79 Å². The van der Waals surface area contributed by atoms with Crippen LogP contribution in [0.15, 0.2) is 39.9 Å². The van der Waals surface area contributed by atoms with Crippen LogP contribution in [0.2, 0.25) is 0 Å². The van der Waals surface area contributed by atoms with Gasteiger partial charge in [0, 0.05) is 36.8 Å². The van der Waals surface area contributed by atoms with Gasteiger partial charge in [-0.1, -0.05) is 13.0 Å². The fraction of sp³-hybridized carbons (Fsp3) is 0.520. The molecule has 204 valence electrons. The molecule has 0 bridgehead atoms. The number of nitrogens with zero attached hydrogens (tertiary/aromatic N) is 2. The van der Waals surface area contributed by atoms with Crippen LogP contribution in [0, 0.1) is 5.92 Å². The minimum absolute atomic E-state index is 0.00374. The molecule has 12 heteroatoms. The van der Waals surface area contributed by atoms with E-state index in [1.54, 1.807) is 47.5 Å². The van der Waals surface area contributed by atoms with Gasteiger partial charge < -0.3 is 25.4 Å². The number of aliphatic hydroxyl groups is 1. The first-order chi connectivity index (χ1) is 17.4. The van der Waals surface area contributed by atoms with Crippen molar-refractivity contribution >= 4 is 39.0 Å². The number of anilines is 1. The molecule has 2 aromatic rings. The van der Waals surface area contributed by atoms with Crippen LogP contribution in [0.25, 0.3) is 0 Å². The molecule has 2 heterocycles. The lowest BCUT2D eigenvalue weighted by atomic mass is 10.0. The summed E-state index contributed by atoms with van der Waals surface area (Å²) in [5.74, 6) is 0.00203. The van der Waals surface area contributed by atoms with Crippen molar-refractivity contribution < 1.29 is 27.9 Å². The van der Waals surface area contributed by atoms with Crippen LogP contribution in [-0.4, -0.2) is 79.6 Å². The van der Waals surface area contributed by atoms with E-state index in [1.165, 1.54) is 11.4 Å². The SMILES string of the molecule is CC(C)NC(=O)Nc1ccc2c(c1)CC(=O)N([C@H](C)CO)C[C@@H](C)[C@@H](CN(C)S(=O)(=O)c1cccs1)O2. The smallest absolute Gasteiger partial charge is 0.319 e. The number of carbonyl (C=O) groups is 2. The Morgan fingerprint density at radius 3 is 2.65 bits per heavy atom. The number of thiophene rings is 1. The van der Waals surface area contributed by atoms with E-state index < -0.39 is 22.2 Å². The topological polar surface area (TPSA) is 128 Å². The average molecular weight is 553 g/mol. The molecule has 37 heavy (non-hydrogen) atoms. The molecule has 0 fully saturated rings. The number of urea groups is 1. The van der Waals surface area contributed by atoms with Crippen LogP contribution in [-0.2, 0) is 21.2 Å². The first-order valence-electron chi connectivity index (χ1n) is 12.2. The molecule has 1 aromatic carbocycles. The van der Waals surface area contributed by atoms with Gasteiger partial charge in [-0.05, 0) is 50.4 Å². The Labute approximate surface area is 222 Å². The molecule has 0 radical (unpaired) electrons.